The third-order valence-corrected chi connectivity index (χ3v) is 8.80. The quantitative estimate of drug-likeness (QED) is 0.264. The fraction of sp³-hybridized carbons (Fsp3) is 0.333. The van der Waals surface area contributed by atoms with Crippen molar-refractivity contribution in [3.63, 3.8) is 0 Å². The largest absolute Gasteiger partial charge is 0.497 e. The monoisotopic (exact) mass is 635 g/mol. The topological polar surface area (TPSA) is 105 Å². The van der Waals surface area contributed by atoms with E-state index in [0.717, 1.165) is 4.31 Å². The summed E-state index contributed by atoms with van der Waals surface area (Å²) in [5.74, 6) is -0.433. The lowest BCUT2D eigenvalue weighted by Crippen LogP contribution is -2.53. The van der Waals surface area contributed by atoms with E-state index in [1.165, 1.54) is 37.3 Å². The Balaban J connectivity index is 2.16. The molecule has 12 heteroatoms. The number of carbonyl (C=O) groups excluding carboxylic acids is 2. The van der Waals surface area contributed by atoms with Crippen LogP contribution in [0.15, 0.2) is 71.6 Å². The van der Waals surface area contributed by atoms with Gasteiger partial charge in [-0.15, -0.1) is 0 Å². The summed E-state index contributed by atoms with van der Waals surface area (Å²) in [5, 5.41) is 3.58. The molecular formula is C30H35Cl2N3O6S. The second-order valence-corrected chi connectivity index (χ2v) is 12.4. The highest BCUT2D eigenvalue weighted by Crippen LogP contribution is 2.36. The number of rotatable bonds is 13. The minimum Gasteiger partial charge on any atom is -0.497 e. The van der Waals surface area contributed by atoms with Crippen molar-refractivity contribution in [1.29, 1.82) is 0 Å². The Labute approximate surface area is 257 Å². The number of carbonyl (C=O) groups is 2. The van der Waals surface area contributed by atoms with Crippen molar-refractivity contribution in [3.05, 3.63) is 82.3 Å². The lowest BCUT2D eigenvalue weighted by molar-refractivity contribution is -0.140. The fourth-order valence-electron chi connectivity index (χ4n) is 4.36. The Morgan fingerprint density at radius 3 is 2.21 bits per heavy atom. The molecule has 9 nitrogen and oxygen atoms in total. The molecule has 0 bridgehead atoms. The third kappa shape index (κ3) is 7.87. The first-order chi connectivity index (χ1) is 19.9. The van der Waals surface area contributed by atoms with Crippen molar-refractivity contribution in [2.45, 2.75) is 50.7 Å². The van der Waals surface area contributed by atoms with Crippen LogP contribution in [0.1, 0.15) is 32.8 Å². The maximum absolute atomic E-state index is 14.2. The molecule has 3 aromatic carbocycles. The van der Waals surface area contributed by atoms with Gasteiger partial charge in [0.15, 0.2) is 0 Å². The predicted octanol–water partition coefficient (Wildman–Crippen LogP) is 5.54. The van der Waals surface area contributed by atoms with Gasteiger partial charge in [-0.2, -0.15) is 0 Å². The molecule has 0 radical (unpaired) electrons. The maximum Gasteiger partial charge on any atom is 0.264 e. The first kappa shape index (κ1) is 33.0. The number of benzene rings is 3. The number of hydrogen-bond donors (Lipinski definition) is 1. The van der Waals surface area contributed by atoms with Gasteiger partial charge in [0.25, 0.3) is 10.0 Å². The molecule has 0 saturated carbocycles. The molecule has 226 valence electrons. The lowest BCUT2D eigenvalue weighted by atomic mass is 10.1. The zero-order valence-electron chi connectivity index (χ0n) is 24.1. The number of sulfonamides is 1. The van der Waals surface area contributed by atoms with Gasteiger partial charge in [-0.05, 0) is 62.2 Å². The van der Waals surface area contributed by atoms with Gasteiger partial charge < -0.3 is 19.7 Å². The highest BCUT2D eigenvalue weighted by Gasteiger charge is 2.35. The van der Waals surface area contributed by atoms with Crippen molar-refractivity contribution < 1.29 is 27.5 Å². The lowest BCUT2D eigenvalue weighted by Gasteiger charge is -2.34. The van der Waals surface area contributed by atoms with Crippen molar-refractivity contribution >= 4 is 50.7 Å². The molecule has 0 aromatic heterocycles. The number of amides is 2. The van der Waals surface area contributed by atoms with Crippen LogP contribution < -0.4 is 19.1 Å². The van der Waals surface area contributed by atoms with Crippen LogP contribution in [0.5, 0.6) is 11.5 Å². The molecule has 0 spiro atoms. The predicted molar refractivity (Wildman–Crippen MR) is 165 cm³/mol. The number of nitrogens with one attached hydrogen (secondary N) is 1. The van der Waals surface area contributed by atoms with Gasteiger partial charge in [-0.25, -0.2) is 8.42 Å². The van der Waals surface area contributed by atoms with Crippen LogP contribution in [-0.2, 0) is 26.2 Å². The summed E-state index contributed by atoms with van der Waals surface area (Å²) in [6, 6.07) is 16.2. The van der Waals surface area contributed by atoms with Crippen molar-refractivity contribution in [1.82, 2.24) is 10.2 Å². The Morgan fingerprint density at radius 1 is 0.952 bits per heavy atom. The van der Waals surface area contributed by atoms with Crippen molar-refractivity contribution in [3.8, 4) is 11.5 Å². The van der Waals surface area contributed by atoms with Crippen LogP contribution in [0.25, 0.3) is 0 Å². The number of hydrogen-bond acceptors (Lipinski definition) is 6. The molecule has 0 unspecified atom stereocenters. The molecule has 0 saturated heterocycles. The normalized spacial score (nSPS) is 12.0. The number of nitrogens with zero attached hydrogens (tertiary/aromatic N) is 2. The summed E-state index contributed by atoms with van der Waals surface area (Å²) >= 11 is 12.5. The van der Waals surface area contributed by atoms with Crippen LogP contribution in [0.3, 0.4) is 0 Å². The number of methoxy groups -OCH3 is 2. The van der Waals surface area contributed by atoms with E-state index in [-0.39, 0.29) is 41.2 Å². The summed E-state index contributed by atoms with van der Waals surface area (Å²) in [4.78, 5) is 28.8. The molecule has 1 N–H and O–H groups in total. The number of anilines is 1. The van der Waals surface area contributed by atoms with Crippen LogP contribution in [-0.4, -0.2) is 58.0 Å². The summed E-state index contributed by atoms with van der Waals surface area (Å²) in [6.07, 6.45) is 0.267. The van der Waals surface area contributed by atoms with Gasteiger partial charge in [-0.1, -0.05) is 54.4 Å². The van der Waals surface area contributed by atoms with Gasteiger partial charge in [0.05, 0.1) is 24.8 Å². The maximum atomic E-state index is 14.2. The Kier molecular flexibility index (Phi) is 11.5. The van der Waals surface area contributed by atoms with Crippen molar-refractivity contribution in [2.24, 2.45) is 0 Å². The molecule has 0 aliphatic carbocycles. The van der Waals surface area contributed by atoms with Gasteiger partial charge in [0, 0.05) is 28.7 Å². The van der Waals surface area contributed by atoms with Gasteiger partial charge in [0.2, 0.25) is 11.8 Å². The Morgan fingerprint density at radius 2 is 1.64 bits per heavy atom. The number of ether oxygens (including phenoxy) is 2. The first-order valence-electron chi connectivity index (χ1n) is 13.3. The molecule has 2 amide bonds. The zero-order chi connectivity index (χ0) is 31.0. The minimum atomic E-state index is -4.29. The SMILES string of the molecule is CC[C@H](C(=O)NC(C)C)N(Cc1ccc(Cl)cc1Cl)C(=O)CN(c1cc(OC)ccc1OC)S(=O)(=O)c1ccccc1. The molecule has 0 heterocycles. The summed E-state index contributed by atoms with van der Waals surface area (Å²) in [5.41, 5.74) is 0.639. The third-order valence-electron chi connectivity index (χ3n) is 6.44. The Bertz CT molecular complexity index is 1500. The highest BCUT2D eigenvalue weighted by molar-refractivity contribution is 7.92. The van der Waals surface area contributed by atoms with Crippen LogP contribution in [0.2, 0.25) is 10.0 Å². The van der Waals surface area contributed by atoms with E-state index in [1.807, 2.05) is 13.8 Å². The average molecular weight is 637 g/mol. The molecule has 0 aliphatic rings. The van der Waals surface area contributed by atoms with E-state index < -0.39 is 28.5 Å². The highest BCUT2D eigenvalue weighted by atomic mass is 35.5. The molecule has 1 atom stereocenters. The smallest absolute Gasteiger partial charge is 0.264 e. The van der Waals surface area contributed by atoms with E-state index in [9.17, 15) is 18.0 Å². The average Bonchev–Trinajstić information content (AvgIpc) is 2.96. The van der Waals surface area contributed by atoms with Crippen molar-refractivity contribution in [2.75, 3.05) is 25.1 Å². The molecular weight excluding hydrogens is 601 g/mol. The second-order valence-electron chi connectivity index (χ2n) is 9.71. The van der Waals surface area contributed by atoms with E-state index in [1.54, 1.807) is 55.5 Å². The fourth-order valence-corrected chi connectivity index (χ4v) is 6.26. The Hall–Kier alpha value is -3.47. The van der Waals surface area contributed by atoms with E-state index in [2.05, 4.69) is 5.32 Å². The van der Waals surface area contributed by atoms with E-state index in [0.29, 0.717) is 21.4 Å². The summed E-state index contributed by atoms with van der Waals surface area (Å²) < 4.78 is 40.0. The summed E-state index contributed by atoms with van der Waals surface area (Å²) in [7, 11) is -1.44. The van der Waals surface area contributed by atoms with Gasteiger partial charge in [-0.3, -0.25) is 13.9 Å². The molecule has 0 fully saturated rings. The second kappa shape index (κ2) is 14.6. The minimum absolute atomic E-state index is 0.0282. The van der Waals surface area contributed by atoms with E-state index in [4.69, 9.17) is 32.7 Å². The van der Waals surface area contributed by atoms with Gasteiger partial charge in [0.1, 0.15) is 24.1 Å². The van der Waals surface area contributed by atoms with Gasteiger partial charge >= 0.3 is 0 Å². The molecule has 42 heavy (non-hydrogen) atoms. The standard InChI is InChI=1S/C30H35Cl2N3O6S/c1-6-26(30(37)33-20(2)3)34(18-21-12-13-22(31)16-25(21)32)29(36)19-35(42(38,39)24-10-8-7-9-11-24)27-17-23(40-4)14-15-28(27)41-5/h7-17,20,26H,6,18-19H2,1-5H3,(H,33,37)/t26-/m1/s1. The van der Waals surface area contributed by atoms with E-state index >= 15 is 0 Å². The summed E-state index contributed by atoms with van der Waals surface area (Å²) in [6.45, 7) is 4.70. The zero-order valence-corrected chi connectivity index (χ0v) is 26.5. The van der Waals surface area contributed by atoms with Crippen LogP contribution in [0, 0.1) is 0 Å². The molecule has 3 aromatic rings. The van der Waals surface area contributed by atoms with Crippen LogP contribution in [0.4, 0.5) is 5.69 Å². The van der Waals surface area contributed by atoms with Crippen LogP contribution >= 0.6 is 23.2 Å². The first-order valence-corrected chi connectivity index (χ1v) is 15.5. The molecule has 0 aliphatic heterocycles. The number of halogens is 2. The molecule has 3 rings (SSSR count).